The predicted molar refractivity (Wildman–Crippen MR) is 84.0 cm³/mol. The van der Waals surface area contributed by atoms with Crippen molar-refractivity contribution in [1.29, 1.82) is 0 Å². The molecule has 2 bridgehead atoms. The summed E-state index contributed by atoms with van der Waals surface area (Å²) in [6.07, 6.45) is -2.29. The van der Waals surface area contributed by atoms with Gasteiger partial charge in [-0.2, -0.15) is 13.2 Å². The second kappa shape index (κ2) is 5.12. The van der Waals surface area contributed by atoms with E-state index in [2.05, 4.69) is 11.9 Å². The largest absolute Gasteiger partial charge is 0.416 e. The Morgan fingerprint density at radius 3 is 2.29 bits per heavy atom. The highest BCUT2D eigenvalue weighted by atomic mass is 19.4. The Hall–Kier alpha value is -1.76. The fourth-order valence-corrected chi connectivity index (χ4v) is 4.29. The van der Waals surface area contributed by atoms with E-state index in [-0.39, 0.29) is 23.6 Å². The van der Waals surface area contributed by atoms with Crippen molar-refractivity contribution < 1.29 is 18.0 Å². The number of alkyl halides is 3. The number of fused-ring (bicyclic) bond motifs is 3. The maximum Gasteiger partial charge on any atom is 0.416 e. The maximum absolute atomic E-state index is 13.5. The molecule has 3 aliphatic rings. The van der Waals surface area contributed by atoms with Gasteiger partial charge >= 0.3 is 6.18 Å². The molecule has 0 radical (unpaired) electrons. The second-order valence-electron chi connectivity index (χ2n) is 7.13. The van der Waals surface area contributed by atoms with E-state index in [4.69, 9.17) is 0 Å². The van der Waals surface area contributed by atoms with E-state index in [1.807, 2.05) is 4.90 Å². The average molecular weight is 339 g/mol. The molecule has 1 aromatic rings. The SMILES string of the molecule is CN1Cc2c(cc(N3CC4CCC(C3)N4C)cc2C(F)(F)F)C1=O. The van der Waals surface area contributed by atoms with Crippen LogP contribution in [0, 0.1) is 0 Å². The van der Waals surface area contributed by atoms with Crippen LogP contribution in [0.1, 0.15) is 34.3 Å². The topological polar surface area (TPSA) is 26.8 Å². The normalized spacial score (nSPS) is 27.1. The lowest BCUT2D eigenvalue weighted by Gasteiger charge is -2.40. The summed E-state index contributed by atoms with van der Waals surface area (Å²) in [5.41, 5.74) is 0.165. The Bertz CT molecular complexity index is 689. The average Bonchev–Trinajstić information content (AvgIpc) is 2.90. The van der Waals surface area contributed by atoms with Gasteiger partial charge in [-0.1, -0.05) is 0 Å². The van der Waals surface area contributed by atoms with E-state index in [1.165, 1.54) is 18.0 Å². The van der Waals surface area contributed by atoms with Crippen molar-refractivity contribution in [3.8, 4) is 0 Å². The van der Waals surface area contributed by atoms with Crippen LogP contribution in [0.3, 0.4) is 0 Å². The lowest BCUT2D eigenvalue weighted by molar-refractivity contribution is -0.138. The van der Waals surface area contributed by atoms with Crippen LogP contribution in [0.25, 0.3) is 0 Å². The summed E-state index contributed by atoms with van der Waals surface area (Å²) >= 11 is 0. The summed E-state index contributed by atoms with van der Waals surface area (Å²) in [5.74, 6) is -0.325. The molecule has 0 N–H and O–H groups in total. The van der Waals surface area contributed by atoms with Crippen molar-refractivity contribution in [2.75, 3.05) is 32.1 Å². The maximum atomic E-state index is 13.5. The van der Waals surface area contributed by atoms with Gasteiger partial charge in [0.05, 0.1) is 5.56 Å². The molecule has 0 aromatic heterocycles. The van der Waals surface area contributed by atoms with Gasteiger partial charge in [-0.25, -0.2) is 0 Å². The molecule has 0 spiro atoms. The molecule has 2 unspecified atom stereocenters. The van der Waals surface area contributed by atoms with Crippen molar-refractivity contribution in [2.24, 2.45) is 0 Å². The number of rotatable bonds is 1. The van der Waals surface area contributed by atoms with E-state index in [1.54, 1.807) is 6.07 Å². The molecule has 4 nitrogen and oxygen atoms in total. The van der Waals surface area contributed by atoms with Crippen molar-refractivity contribution in [3.63, 3.8) is 0 Å². The highest BCUT2D eigenvalue weighted by molar-refractivity contribution is 5.99. The van der Waals surface area contributed by atoms with Crippen molar-refractivity contribution in [1.82, 2.24) is 9.80 Å². The Morgan fingerprint density at radius 2 is 1.71 bits per heavy atom. The number of halogens is 3. The van der Waals surface area contributed by atoms with Crippen LogP contribution in [-0.2, 0) is 12.7 Å². The number of carbonyl (C=O) groups is 1. The number of anilines is 1. The van der Waals surface area contributed by atoms with Crippen LogP contribution in [0.2, 0.25) is 0 Å². The molecule has 7 heteroatoms. The molecule has 1 amide bonds. The van der Waals surface area contributed by atoms with Crippen LogP contribution < -0.4 is 4.90 Å². The minimum Gasteiger partial charge on any atom is -0.368 e. The van der Waals surface area contributed by atoms with Gasteiger partial charge in [-0.3, -0.25) is 9.69 Å². The lowest BCUT2D eigenvalue weighted by Crippen LogP contribution is -2.52. The molecule has 2 saturated heterocycles. The molecule has 3 heterocycles. The minimum atomic E-state index is -4.45. The Balaban J connectivity index is 1.77. The molecule has 0 aliphatic carbocycles. The third-order valence-electron chi connectivity index (χ3n) is 5.72. The first kappa shape index (κ1) is 15.7. The molecule has 24 heavy (non-hydrogen) atoms. The smallest absolute Gasteiger partial charge is 0.368 e. The number of hydrogen-bond donors (Lipinski definition) is 0. The van der Waals surface area contributed by atoms with E-state index in [0.717, 1.165) is 12.8 Å². The standard InChI is InChI=1S/C17H20F3N3O/c1-21-9-14-13(16(21)24)5-12(6-15(14)17(18,19)20)23-7-10-3-4-11(8-23)22(10)2/h5-6,10-11H,3-4,7-9H2,1-2H3. The molecule has 4 rings (SSSR count). The van der Waals surface area contributed by atoms with E-state index >= 15 is 0 Å². The summed E-state index contributed by atoms with van der Waals surface area (Å²) in [6.45, 7) is 1.46. The summed E-state index contributed by atoms with van der Waals surface area (Å²) in [4.78, 5) is 17.9. The van der Waals surface area contributed by atoms with Gasteiger partial charge in [-0.15, -0.1) is 0 Å². The van der Waals surface area contributed by atoms with E-state index in [9.17, 15) is 18.0 Å². The van der Waals surface area contributed by atoms with E-state index in [0.29, 0.717) is 30.9 Å². The van der Waals surface area contributed by atoms with E-state index < -0.39 is 11.7 Å². The Labute approximate surface area is 138 Å². The minimum absolute atomic E-state index is 0.0251. The van der Waals surface area contributed by atoms with Crippen molar-refractivity contribution >= 4 is 11.6 Å². The fourth-order valence-electron chi connectivity index (χ4n) is 4.29. The number of carbonyl (C=O) groups excluding carboxylic acids is 1. The zero-order valence-electron chi connectivity index (χ0n) is 13.7. The molecular weight excluding hydrogens is 319 g/mol. The Kier molecular flexibility index (Phi) is 3.36. The van der Waals surface area contributed by atoms with Crippen LogP contribution in [0.5, 0.6) is 0 Å². The number of likely N-dealkylation sites (N-methyl/N-ethyl adjacent to an activating group) is 1. The zero-order valence-corrected chi connectivity index (χ0v) is 13.7. The van der Waals surface area contributed by atoms with Gasteiger partial charge in [0, 0.05) is 50.0 Å². The second-order valence-corrected chi connectivity index (χ2v) is 7.13. The van der Waals surface area contributed by atoms with Crippen LogP contribution in [-0.4, -0.2) is 55.0 Å². The monoisotopic (exact) mass is 339 g/mol. The number of benzene rings is 1. The summed E-state index contributed by atoms with van der Waals surface area (Å²) in [6, 6.07) is 3.64. The predicted octanol–water partition coefficient (Wildman–Crippen LogP) is 2.57. The number of piperazine rings is 1. The van der Waals surface area contributed by atoms with Gasteiger partial charge in [0.25, 0.3) is 5.91 Å². The van der Waals surface area contributed by atoms with Gasteiger partial charge < -0.3 is 9.80 Å². The Morgan fingerprint density at radius 1 is 1.08 bits per heavy atom. The third kappa shape index (κ3) is 2.29. The van der Waals surface area contributed by atoms with Gasteiger partial charge in [0.15, 0.2) is 0 Å². The first-order chi connectivity index (χ1) is 11.3. The number of amides is 1. The number of nitrogens with zero attached hydrogens (tertiary/aromatic N) is 3. The molecule has 2 atom stereocenters. The first-order valence-electron chi connectivity index (χ1n) is 8.22. The van der Waals surface area contributed by atoms with Crippen LogP contribution in [0.15, 0.2) is 12.1 Å². The molecule has 0 saturated carbocycles. The van der Waals surface area contributed by atoms with Gasteiger partial charge in [0.2, 0.25) is 0 Å². The number of hydrogen-bond acceptors (Lipinski definition) is 3. The van der Waals surface area contributed by atoms with Gasteiger partial charge in [0.1, 0.15) is 0 Å². The molecule has 3 aliphatic heterocycles. The van der Waals surface area contributed by atoms with Crippen molar-refractivity contribution in [3.05, 3.63) is 28.8 Å². The lowest BCUT2D eigenvalue weighted by atomic mass is 10.00. The molecule has 2 fully saturated rings. The van der Waals surface area contributed by atoms with Crippen molar-refractivity contribution in [2.45, 2.75) is 37.6 Å². The summed E-state index contributed by atoms with van der Waals surface area (Å²) in [5, 5.41) is 0. The van der Waals surface area contributed by atoms with Gasteiger partial charge in [-0.05, 0) is 37.6 Å². The zero-order chi connectivity index (χ0) is 17.2. The fraction of sp³-hybridized carbons (Fsp3) is 0.588. The summed E-state index contributed by atoms with van der Waals surface area (Å²) < 4.78 is 40.5. The summed E-state index contributed by atoms with van der Waals surface area (Å²) in [7, 11) is 3.63. The third-order valence-corrected chi connectivity index (χ3v) is 5.72. The molecule has 1 aromatic carbocycles. The van der Waals surface area contributed by atoms with Crippen LogP contribution >= 0.6 is 0 Å². The van der Waals surface area contributed by atoms with Crippen LogP contribution in [0.4, 0.5) is 18.9 Å². The first-order valence-corrected chi connectivity index (χ1v) is 8.22. The highest BCUT2D eigenvalue weighted by Crippen LogP contribution is 2.41. The molecule has 130 valence electrons. The quantitative estimate of drug-likeness (QED) is 0.787. The highest BCUT2D eigenvalue weighted by Gasteiger charge is 2.42. The molecular formula is C17H20F3N3O.